The van der Waals surface area contributed by atoms with Crippen molar-refractivity contribution in [2.24, 2.45) is 5.41 Å². The number of hydrogen-bond acceptors (Lipinski definition) is 4. The molecule has 1 aromatic carbocycles. The van der Waals surface area contributed by atoms with Gasteiger partial charge in [0.05, 0.1) is 18.3 Å². The first kappa shape index (κ1) is 20.1. The lowest BCUT2D eigenvalue weighted by Gasteiger charge is -2.49. The number of nitrogens with zero attached hydrogens (tertiary/aromatic N) is 2. The largest absolute Gasteiger partial charge is 0.497 e. The van der Waals surface area contributed by atoms with Crippen LogP contribution in [0, 0.1) is 5.41 Å². The molecule has 2 aliphatic rings. The summed E-state index contributed by atoms with van der Waals surface area (Å²) in [6.45, 7) is 4.11. The van der Waals surface area contributed by atoms with E-state index in [1.807, 2.05) is 36.1 Å². The second-order valence-electron chi connectivity index (χ2n) is 7.75. The average molecular weight is 395 g/mol. The molecule has 27 heavy (non-hydrogen) atoms. The van der Waals surface area contributed by atoms with Crippen LogP contribution in [0.1, 0.15) is 38.2 Å². The molecule has 0 bridgehead atoms. The van der Waals surface area contributed by atoms with E-state index in [2.05, 4.69) is 0 Å². The quantitative estimate of drug-likeness (QED) is 0.679. The molecule has 0 saturated carbocycles. The molecule has 2 aliphatic heterocycles. The zero-order valence-electron chi connectivity index (χ0n) is 16.3. The van der Waals surface area contributed by atoms with Crippen LogP contribution >= 0.6 is 0 Å². The van der Waals surface area contributed by atoms with E-state index in [1.54, 1.807) is 7.11 Å². The van der Waals surface area contributed by atoms with Crippen LogP contribution in [0.15, 0.2) is 24.3 Å². The van der Waals surface area contributed by atoms with Gasteiger partial charge in [-0.1, -0.05) is 25.5 Å². The third kappa shape index (κ3) is 4.29. The van der Waals surface area contributed by atoms with E-state index in [0.717, 1.165) is 43.7 Å². The Labute approximate surface area is 162 Å². The van der Waals surface area contributed by atoms with Gasteiger partial charge in [0.1, 0.15) is 5.75 Å². The van der Waals surface area contributed by atoms with Crippen LogP contribution in [-0.2, 0) is 21.2 Å². The number of likely N-dealkylation sites (tertiary alicyclic amines) is 1. The predicted molar refractivity (Wildman–Crippen MR) is 105 cm³/mol. The molecule has 0 aliphatic carbocycles. The van der Waals surface area contributed by atoms with E-state index in [1.165, 1.54) is 4.31 Å². The fraction of sp³-hybridized carbons (Fsp3) is 0.650. The van der Waals surface area contributed by atoms with Crippen LogP contribution in [0.2, 0.25) is 0 Å². The fourth-order valence-corrected chi connectivity index (χ4v) is 5.83. The van der Waals surface area contributed by atoms with Crippen LogP contribution in [0.4, 0.5) is 0 Å². The second kappa shape index (κ2) is 8.19. The van der Waals surface area contributed by atoms with E-state index >= 15 is 0 Å². The Balaban J connectivity index is 1.80. The SMILES string of the molecule is CCCCS(=O)(=O)N1CC(Cc2cccc(OC)c2)(C(=O)N2CCCC2)C1. The molecular formula is C20H30N2O4S. The molecule has 7 heteroatoms. The summed E-state index contributed by atoms with van der Waals surface area (Å²) in [5, 5.41) is 0. The van der Waals surface area contributed by atoms with E-state index in [-0.39, 0.29) is 24.7 Å². The summed E-state index contributed by atoms with van der Waals surface area (Å²) >= 11 is 0. The van der Waals surface area contributed by atoms with Crippen LogP contribution in [0.25, 0.3) is 0 Å². The summed E-state index contributed by atoms with van der Waals surface area (Å²) in [4.78, 5) is 15.2. The number of benzene rings is 1. The van der Waals surface area contributed by atoms with Gasteiger partial charge in [-0.25, -0.2) is 8.42 Å². The Kier molecular flexibility index (Phi) is 6.11. The van der Waals surface area contributed by atoms with Crippen LogP contribution in [-0.4, -0.2) is 62.6 Å². The molecule has 0 aromatic heterocycles. The summed E-state index contributed by atoms with van der Waals surface area (Å²) in [7, 11) is -1.66. The molecule has 1 amide bonds. The number of methoxy groups -OCH3 is 1. The Hall–Kier alpha value is -1.60. The minimum absolute atomic E-state index is 0.102. The molecule has 2 heterocycles. The minimum Gasteiger partial charge on any atom is -0.497 e. The van der Waals surface area contributed by atoms with Gasteiger partial charge in [-0.05, 0) is 43.4 Å². The molecule has 2 fully saturated rings. The third-order valence-corrected chi connectivity index (χ3v) is 7.48. The molecular weight excluding hydrogens is 364 g/mol. The Bertz CT molecular complexity index is 766. The minimum atomic E-state index is -3.28. The summed E-state index contributed by atoms with van der Waals surface area (Å²) in [5.41, 5.74) is 0.350. The summed E-state index contributed by atoms with van der Waals surface area (Å²) in [6.07, 6.45) is 4.09. The molecule has 0 unspecified atom stereocenters. The van der Waals surface area contributed by atoms with Gasteiger partial charge in [-0.2, -0.15) is 4.31 Å². The lowest BCUT2D eigenvalue weighted by atomic mass is 9.75. The first-order valence-electron chi connectivity index (χ1n) is 9.80. The fourth-order valence-electron chi connectivity index (χ4n) is 4.03. The molecule has 0 spiro atoms. The van der Waals surface area contributed by atoms with Crippen LogP contribution in [0.5, 0.6) is 5.75 Å². The zero-order chi connectivity index (χ0) is 19.5. The van der Waals surface area contributed by atoms with Crippen molar-refractivity contribution in [2.45, 2.75) is 39.0 Å². The molecule has 0 N–H and O–H groups in total. The van der Waals surface area contributed by atoms with E-state index in [4.69, 9.17) is 4.74 Å². The topological polar surface area (TPSA) is 66.9 Å². The summed E-state index contributed by atoms with van der Waals surface area (Å²) in [6, 6.07) is 7.71. The molecule has 0 atom stereocenters. The second-order valence-corrected chi connectivity index (χ2v) is 9.83. The maximum atomic E-state index is 13.3. The van der Waals surface area contributed by atoms with Gasteiger partial charge in [-0.15, -0.1) is 0 Å². The van der Waals surface area contributed by atoms with Gasteiger partial charge in [-0.3, -0.25) is 4.79 Å². The van der Waals surface area contributed by atoms with Gasteiger partial charge in [0.15, 0.2) is 0 Å². The van der Waals surface area contributed by atoms with E-state index < -0.39 is 15.4 Å². The maximum Gasteiger partial charge on any atom is 0.231 e. The van der Waals surface area contributed by atoms with Gasteiger partial charge >= 0.3 is 0 Å². The number of amides is 1. The lowest BCUT2D eigenvalue weighted by molar-refractivity contribution is -0.148. The molecule has 3 rings (SSSR count). The lowest BCUT2D eigenvalue weighted by Crippen LogP contribution is -2.66. The Morgan fingerprint density at radius 2 is 1.93 bits per heavy atom. The third-order valence-electron chi connectivity index (χ3n) is 5.63. The van der Waals surface area contributed by atoms with Gasteiger partial charge in [0.2, 0.25) is 15.9 Å². The monoisotopic (exact) mass is 394 g/mol. The van der Waals surface area contributed by atoms with Crippen molar-refractivity contribution < 1.29 is 17.9 Å². The molecule has 0 radical (unpaired) electrons. The highest BCUT2D eigenvalue weighted by molar-refractivity contribution is 7.89. The van der Waals surface area contributed by atoms with Crippen molar-refractivity contribution in [1.82, 2.24) is 9.21 Å². The number of carbonyl (C=O) groups excluding carboxylic acids is 1. The van der Waals surface area contributed by atoms with E-state index in [0.29, 0.717) is 12.8 Å². The Morgan fingerprint density at radius 3 is 2.56 bits per heavy atom. The molecule has 6 nitrogen and oxygen atoms in total. The number of hydrogen-bond donors (Lipinski definition) is 0. The normalized spacial score (nSPS) is 19.7. The predicted octanol–water partition coefficient (Wildman–Crippen LogP) is 2.29. The number of sulfonamides is 1. The van der Waals surface area contributed by atoms with Crippen molar-refractivity contribution in [1.29, 1.82) is 0 Å². The first-order valence-corrected chi connectivity index (χ1v) is 11.4. The standard InChI is InChI=1S/C20H30N2O4S/c1-3-4-12-27(24,25)22-15-20(16-22,19(23)21-10-5-6-11-21)14-17-8-7-9-18(13-17)26-2/h7-9,13H,3-6,10-12,14-16H2,1-2H3. The van der Waals surface area contributed by atoms with E-state index in [9.17, 15) is 13.2 Å². The molecule has 1 aromatic rings. The van der Waals surface area contributed by atoms with Crippen LogP contribution < -0.4 is 4.74 Å². The average Bonchev–Trinajstić information content (AvgIpc) is 3.16. The Morgan fingerprint density at radius 1 is 1.22 bits per heavy atom. The van der Waals surface area contributed by atoms with Crippen molar-refractivity contribution in [3.63, 3.8) is 0 Å². The summed E-state index contributed by atoms with van der Waals surface area (Å²) < 4.78 is 31.9. The van der Waals surface area contributed by atoms with Crippen molar-refractivity contribution >= 4 is 15.9 Å². The summed E-state index contributed by atoms with van der Waals surface area (Å²) in [5.74, 6) is 1.02. The highest BCUT2D eigenvalue weighted by Gasteiger charge is 2.54. The van der Waals surface area contributed by atoms with Gasteiger partial charge in [0, 0.05) is 26.2 Å². The maximum absolute atomic E-state index is 13.3. The molecule has 150 valence electrons. The number of unbranched alkanes of at least 4 members (excludes halogenated alkanes) is 1. The first-order chi connectivity index (χ1) is 12.9. The zero-order valence-corrected chi connectivity index (χ0v) is 17.1. The molecule has 2 saturated heterocycles. The van der Waals surface area contributed by atoms with Crippen molar-refractivity contribution in [2.75, 3.05) is 39.0 Å². The van der Waals surface area contributed by atoms with Gasteiger partial charge < -0.3 is 9.64 Å². The highest BCUT2D eigenvalue weighted by atomic mass is 32.2. The van der Waals surface area contributed by atoms with Gasteiger partial charge in [0.25, 0.3) is 0 Å². The van der Waals surface area contributed by atoms with Crippen molar-refractivity contribution in [3.05, 3.63) is 29.8 Å². The number of rotatable bonds is 8. The number of ether oxygens (including phenoxy) is 1. The van der Waals surface area contributed by atoms with Crippen molar-refractivity contribution in [3.8, 4) is 5.75 Å². The van der Waals surface area contributed by atoms with Crippen LogP contribution in [0.3, 0.4) is 0 Å². The smallest absolute Gasteiger partial charge is 0.231 e. The number of carbonyl (C=O) groups is 1. The highest BCUT2D eigenvalue weighted by Crippen LogP contribution is 2.39.